The van der Waals surface area contributed by atoms with Gasteiger partial charge in [-0.25, -0.2) is 4.98 Å². The summed E-state index contributed by atoms with van der Waals surface area (Å²) < 4.78 is 11.3. The number of amides is 1. The number of ether oxygens (including phenoxy) is 2. The van der Waals surface area contributed by atoms with Gasteiger partial charge in [-0.05, 0) is 49.8 Å². The lowest BCUT2D eigenvalue weighted by Crippen LogP contribution is -2.25. The third-order valence-electron chi connectivity index (χ3n) is 4.81. The van der Waals surface area contributed by atoms with E-state index >= 15 is 0 Å². The Hall–Kier alpha value is -2.82. The molecule has 2 aromatic rings. The van der Waals surface area contributed by atoms with Crippen molar-refractivity contribution in [1.82, 2.24) is 10.3 Å². The number of methoxy groups -OCH3 is 1. The number of rotatable bonds is 13. The van der Waals surface area contributed by atoms with Crippen LogP contribution in [-0.2, 0) is 4.79 Å². The number of hydrogen-bond acceptors (Lipinski definition) is 4. The lowest BCUT2D eigenvalue weighted by atomic mass is 10.1. The SMILES string of the molecule is COc1cc(OCCCCCCC=CC(C)=CC(=O)NCC(C)C)c2ccccc2n1. The van der Waals surface area contributed by atoms with Crippen LogP contribution in [-0.4, -0.2) is 31.2 Å². The quantitative estimate of drug-likeness (QED) is 0.249. The third kappa shape index (κ3) is 9.24. The van der Waals surface area contributed by atoms with E-state index in [1.54, 1.807) is 13.2 Å². The molecular formula is C26H36N2O3. The van der Waals surface area contributed by atoms with E-state index in [9.17, 15) is 4.79 Å². The first-order chi connectivity index (χ1) is 15.0. The molecule has 1 aromatic carbocycles. The molecule has 0 aliphatic heterocycles. The van der Waals surface area contributed by atoms with E-state index in [0.29, 0.717) is 24.9 Å². The van der Waals surface area contributed by atoms with Crippen LogP contribution in [0, 0.1) is 5.92 Å². The maximum Gasteiger partial charge on any atom is 0.244 e. The number of nitrogens with one attached hydrogen (secondary N) is 1. The Morgan fingerprint density at radius 3 is 2.71 bits per heavy atom. The summed E-state index contributed by atoms with van der Waals surface area (Å²) in [5.74, 6) is 1.84. The van der Waals surface area contributed by atoms with Gasteiger partial charge in [-0.2, -0.15) is 0 Å². The van der Waals surface area contributed by atoms with Gasteiger partial charge in [0.1, 0.15) is 5.75 Å². The van der Waals surface area contributed by atoms with Crippen LogP contribution in [0.15, 0.2) is 54.1 Å². The van der Waals surface area contributed by atoms with Crippen molar-refractivity contribution in [3.8, 4) is 11.6 Å². The highest BCUT2D eigenvalue weighted by molar-refractivity contribution is 5.88. The van der Waals surface area contributed by atoms with Gasteiger partial charge in [0.2, 0.25) is 11.8 Å². The van der Waals surface area contributed by atoms with Crippen molar-refractivity contribution in [2.75, 3.05) is 20.3 Å². The standard InChI is InChI=1S/C26H36N2O3/c1-20(2)19-27-25(29)17-21(3)13-9-7-5-6-8-12-16-31-24-18-26(30-4)28-23-15-11-10-14-22(23)24/h9-11,13-15,17-18,20H,5-8,12,16,19H2,1-4H3,(H,27,29). The second kappa shape index (κ2) is 13.5. The Balaban J connectivity index is 1.63. The molecule has 2 rings (SSSR count). The number of aromatic nitrogens is 1. The Labute approximate surface area is 186 Å². The Morgan fingerprint density at radius 1 is 1.16 bits per heavy atom. The zero-order valence-electron chi connectivity index (χ0n) is 19.3. The van der Waals surface area contributed by atoms with Crippen molar-refractivity contribution in [2.45, 2.75) is 52.9 Å². The van der Waals surface area contributed by atoms with Crippen molar-refractivity contribution in [3.05, 3.63) is 54.1 Å². The maximum atomic E-state index is 11.8. The summed E-state index contributed by atoms with van der Waals surface area (Å²) in [5, 5.41) is 3.91. The number of carbonyl (C=O) groups is 1. The van der Waals surface area contributed by atoms with E-state index in [-0.39, 0.29) is 5.91 Å². The molecular weight excluding hydrogens is 388 g/mol. The van der Waals surface area contributed by atoms with Crippen LogP contribution in [0.2, 0.25) is 0 Å². The topological polar surface area (TPSA) is 60.5 Å². The van der Waals surface area contributed by atoms with Gasteiger partial charge < -0.3 is 14.8 Å². The summed E-state index contributed by atoms with van der Waals surface area (Å²) in [6.45, 7) is 7.52. The number of pyridine rings is 1. The zero-order chi connectivity index (χ0) is 22.5. The zero-order valence-corrected chi connectivity index (χ0v) is 19.3. The number of allylic oxidation sites excluding steroid dienone is 3. The van der Waals surface area contributed by atoms with Gasteiger partial charge in [-0.3, -0.25) is 4.79 Å². The Kier molecular flexibility index (Phi) is 10.6. The fourth-order valence-corrected chi connectivity index (χ4v) is 3.12. The van der Waals surface area contributed by atoms with E-state index in [1.807, 2.05) is 43.3 Å². The minimum Gasteiger partial charge on any atom is -0.493 e. The van der Waals surface area contributed by atoms with Crippen molar-refractivity contribution in [2.24, 2.45) is 5.92 Å². The molecule has 0 saturated carbocycles. The lowest BCUT2D eigenvalue weighted by Gasteiger charge is -2.10. The number of fused-ring (bicyclic) bond motifs is 1. The summed E-state index contributed by atoms with van der Waals surface area (Å²) >= 11 is 0. The van der Waals surface area contributed by atoms with Crippen LogP contribution in [0.3, 0.4) is 0 Å². The lowest BCUT2D eigenvalue weighted by molar-refractivity contribution is -0.116. The minimum atomic E-state index is -0.0181. The van der Waals surface area contributed by atoms with Gasteiger partial charge >= 0.3 is 0 Å². The largest absolute Gasteiger partial charge is 0.493 e. The predicted octanol–water partition coefficient (Wildman–Crippen LogP) is 5.85. The van der Waals surface area contributed by atoms with Crippen LogP contribution in [0.5, 0.6) is 11.6 Å². The molecule has 0 unspecified atom stereocenters. The molecule has 0 spiro atoms. The smallest absolute Gasteiger partial charge is 0.244 e. The van der Waals surface area contributed by atoms with E-state index in [1.165, 1.54) is 0 Å². The summed E-state index contributed by atoms with van der Waals surface area (Å²) in [5.41, 5.74) is 1.86. The van der Waals surface area contributed by atoms with E-state index in [2.05, 4.69) is 30.2 Å². The predicted molar refractivity (Wildman–Crippen MR) is 128 cm³/mol. The van der Waals surface area contributed by atoms with Crippen molar-refractivity contribution in [1.29, 1.82) is 0 Å². The average Bonchev–Trinajstić information content (AvgIpc) is 2.76. The highest BCUT2D eigenvalue weighted by Crippen LogP contribution is 2.28. The van der Waals surface area contributed by atoms with Crippen LogP contribution in [0.1, 0.15) is 52.9 Å². The minimum absolute atomic E-state index is 0.0181. The van der Waals surface area contributed by atoms with Gasteiger partial charge in [-0.15, -0.1) is 0 Å². The van der Waals surface area contributed by atoms with Crippen LogP contribution < -0.4 is 14.8 Å². The molecule has 5 nitrogen and oxygen atoms in total. The van der Waals surface area contributed by atoms with Crippen molar-refractivity contribution < 1.29 is 14.3 Å². The molecule has 1 heterocycles. The van der Waals surface area contributed by atoms with Gasteiger partial charge in [0, 0.05) is 24.1 Å². The third-order valence-corrected chi connectivity index (χ3v) is 4.81. The summed E-state index contributed by atoms with van der Waals surface area (Å²) in [4.78, 5) is 16.2. The Morgan fingerprint density at radius 2 is 1.94 bits per heavy atom. The maximum absolute atomic E-state index is 11.8. The first-order valence-electron chi connectivity index (χ1n) is 11.2. The number of hydrogen-bond donors (Lipinski definition) is 1. The first kappa shape index (κ1) is 24.4. The number of nitrogens with zero attached hydrogens (tertiary/aromatic N) is 1. The van der Waals surface area contributed by atoms with E-state index in [4.69, 9.17) is 9.47 Å². The molecule has 168 valence electrons. The molecule has 0 radical (unpaired) electrons. The highest BCUT2D eigenvalue weighted by atomic mass is 16.5. The van der Waals surface area contributed by atoms with Gasteiger partial charge in [0.05, 0.1) is 19.2 Å². The van der Waals surface area contributed by atoms with E-state index < -0.39 is 0 Å². The second-order valence-electron chi connectivity index (χ2n) is 8.16. The molecule has 0 fully saturated rings. The summed E-state index contributed by atoms with van der Waals surface area (Å²) in [6.07, 6.45) is 11.3. The average molecular weight is 425 g/mol. The van der Waals surface area contributed by atoms with Crippen LogP contribution in [0.4, 0.5) is 0 Å². The molecule has 0 bridgehead atoms. The molecule has 0 aliphatic rings. The molecule has 1 aromatic heterocycles. The van der Waals surface area contributed by atoms with E-state index in [0.717, 1.165) is 54.3 Å². The summed E-state index contributed by atoms with van der Waals surface area (Å²) in [7, 11) is 1.62. The van der Waals surface area contributed by atoms with Crippen molar-refractivity contribution >= 4 is 16.8 Å². The molecule has 1 amide bonds. The highest BCUT2D eigenvalue weighted by Gasteiger charge is 2.07. The fraction of sp³-hybridized carbons (Fsp3) is 0.462. The number of para-hydroxylation sites is 1. The molecule has 31 heavy (non-hydrogen) atoms. The molecule has 0 aliphatic carbocycles. The van der Waals surface area contributed by atoms with Gasteiger partial charge in [0.25, 0.3) is 0 Å². The molecule has 0 atom stereocenters. The molecule has 5 heteroatoms. The molecule has 1 N–H and O–H groups in total. The van der Waals surface area contributed by atoms with Gasteiger partial charge in [0.15, 0.2) is 0 Å². The first-order valence-corrected chi connectivity index (χ1v) is 11.2. The van der Waals surface area contributed by atoms with Crippen LogP contribution >= 0.6 is 0 Å². The Bertz CT molecular complexity index is 887. The number of unbranched alkanes of at least 4 members (excludes halogenated alkanes) is 4. The van der Waals surface area contributed by atoms with Crippen molar-refractivity contribution in [3.63, 3.8) is 0 Å². The molecule has 0 saturated heterocycles. The fourth-order valence-electron chi connectivity index (χ4n) is 3.12. The second-order valence-corrected chi connectivity index (χ2v) is 8.16. The number of benzene rings is 1. The number of carbonyl (C=O) groups excluding carboxylic acids is 1. The summed E-state index contributed by atoms with van der Waals surface area (Å²) in [6, 6.07) is 9.80. The normalized spacial score (nSPS) is 12.0. The van der Waals surface area contributed by atoms with Gasteiger partial charge in [-0.1, -0.05) is 51.0 Å². The van der Waals surface area contributed by atoms with Crippen LogP contribution in [0.25, 0.3) is 10.9 Å². The monoisotopic (exact) mass is 424 g/mol.